The Bertz CT molecular complexity index is 1020. The van der Waals surface area contributed by atoms with Crippen molar-refractivity contribution in [3.8, 4) is 5.75 Å². The lowest BCUT2D eigenvalue weighted by atomic mass is 9.71. The van der Waals surface area contributed by atoms with Crippen molar-refractivity contribution in [1.82, 2.24) is 0 Å². The third-order valence-electron chi connectivity index (χ3n) is 5.84. The van der Waals surface area contributed by atoms with Crippen molar-refractivity contribution in [1.29, 1.82) is 0 Å². The Morgan fingerprint density at radius 3 is 2.30 bits per heavy atom. The molecule has 0 spiro atoms. The maximum atomic E-state index is 13.9. The molecule has 1 atom stereocenters. The fourth-order valence-electron chi connectivity index (χ4n) is 4.39. The van der Waals surface area contributed by atoms with Gasteiger partial charge in [0.25, 0.3) is 0 Å². The molecule has 0 saturated carbocycles. The van der Waals surface area contributed by atoms with E-state index in [4.69, 9.17) is 4.74 Å². The van der Waals surface area contributed by atoms with Crippen molar-refractivity contribution >= 4 is 27.5 Å². The van der Waals surface area contributed by atoms with E-state index in [1.165, 1.54) is 0 Å². The molecule has 0 bridgehead atoms. The van der Waals surface area contributed by atoms with E-state index in [1.807, 2.05) is 61.6 Å². The van der Waals surface area contributed by atoms with Crippen LogP contribution in [0.5, 0.6) is 5.75 Å². The summed E-state index contributed by atoms with van der Waals surface area (Å²) in [6.07, 6.45) is 2.62. The molecule has 1 aliphatic heterocycles. The summed E-state index contributed by atoms with van der Waals surface area (Å²) in [4.78, 5) is 15.7. The molecule has 0 fully saturated rings. The average Bonchev–Trinajstić information content (AvgIpc) is 3.00. The van der Waals surface area contributed by atoms with Gasteiger partial charge >= 0.3 is 0 Å². The molecule has 1 unspecified atom stereocenters. The van der Waals surface area contributed by atoms with E-state index in [-0.39, 0.29) is 5.91 Å². The zero-order valence-electron chi connectivity index (χ0n) is 17.2. The van der Waals surface area contributed by atoms with Gasteiger partial charge in [0.1, 0.15) is 11.2 Å². The van der Waals surface area contributed by atoms with Gasteiger partial charge in [0.2, 0.25) is 5.91 Å². The number of anilines is 1. The molecule has 1 amide bonds. The first-order chi connectivity index (χ1) is 14.7. The molecule has 0 aliphatic carbocycles. The maximum Gasteiger partial charge on any atom is 0.242 e. The highest BCUT2D eigenvalue weighted by Crippen LogP contribution is 2.50. The summed E-state index contributed by atoms with van der Waals surface area (Å²) in [6.45, 7) is 0.635. The minimum atomic E-state index is -0.807. The molecular weight excluding hydrogens is 438 g/mol. The summed E-state index contributed by atoms with van der Waals surface area (Å²) in [7, 11) is 1.87. The number of halogens is 1. The first-order valence-corrected chi connectivity index (χ1v) is 11.5. The Hall–Kier alpha value is -2.59. The topological polar surface area (TPSA) is 29.5 Å². The predicted molar refractivity (Wildman–Crippen MR) is 126 cm³/mol. The Morgan fingerprint density at radius 2 is 1.53 bits per heavy atom. The third-order valence-corrected chi connectivity index (χ3v) is 6.40. The number of fused-ring (bicyclic) bond motifs is 1. The van der Waals surface area contributed by atoms with Crippen LogP contribution in [0, 0.1) is 0 Å². The number of benzene rings is 3. The number of likely N-dealkylation sites (N-methyl/N-ethyl adjacent to an activating group) is 1. The van der Waals surface area contributed by atoms with Gasteiger partial charge in [0.15, 0.2) is 0 Å². The van der Waals surface area contributed by atoms with Crippen LogP contribution in [-0.4, -0.2) is 24.9 Å². The summed E-state index contributed by atoms with van der Waals surface area (Å²) in [5, 5.41) is 0.965. The van der Waals surface area contributed by atoms with Crippen molar-refractivity contribution in [3.05, 3.63) is 95.6 Å². The molecule has 4 heteroatoms. The predicted octanol–water partition coefficient (Wildman–Crippen LogP) is 5.75. The van der Waals surface area contributed by atoms with Gasteiger partial charge in [0.05, 0.1) is 6.61 Å². The lowest BCUT2D eigenvalue weighted by Crippen LogP contribution is -2.41. The fourth-order valence-corrected chi connectivity index (χ4v) is 4.79. The van der Waals surface area contributed by atoms with Crippen LogP contribution in [0.2, 0.25) is 0 Å². The number of carbonyl (C=O) groups is 1. The molecule has 154 valence electrons. The van der Waals surface area contributed by atoms with Crippen LogP contribution in [0.15, 0.2) is 78.9 Å². The van der Waals surface area contributed by atoms with E-state index < -0.39 is 5.41 Å². The summed E-state index contributed by atoms with van der Waals surface area (Å²) >= 11 is 3.48. The Balaban J connectivity index is 1.86. The van der Waals surface area contributed by atoms with Crippen molar-refractivity contribution in [3.63, 3.8) is 0 Å². The lowest BCUT2D eigenvalue weighted by molar-refractivity contribution is -0.121. The number of unbranched alkanes of at least 4 members (excludes halogenated alkanes) is 1. The number of carbonyl (C=O) groups excluding carboxylic acids is 1. The summed E-state index contributed by atoms with van der Waals surface area (Å²) in [5.41, 5.74) is 3.27. The molecule has 0 saturated heterocycles. The van der Waals surface area contributed by atoms with Crippen molar-refractivity contribution in [2.24, 2.45) is 0 Å². The molecular formula is C26H26BrNO2. The zero-order valence-corrected chi connectivity index (χ0v) is 18.8. The van der Waals surface area contributed by atoms with Gasteiger partial charge in [-0.2, -0.15) is 0 Å². The Morgan fingerprint density at radius 1 is 0.867 bits per heavy atom. The third kappa shape index (κ3) is 3.65. The van der Waals surface area contributed by atoms with Gasteiger partial charge in [-0.1, -0.05) is 82.7 Å². The average molecular weight is 464 g/mol. The van der Waals surface area contributed by atoms with E-state index in [2.05, 4.69) is 40.2 Å². The normalized spacial score (nSPS) is 17.8. The van der Waals surface area contributed by atoms with Crippen molar-refractivity contribution in [2.75, 3.05) is 23.9 Å². The van der Waals surface area contributed by atoms with Gasteiger partial charge in [0, 0.05) is 23.6 Å². The largest absolute Gasteiger partial charge is 0.493 e. The van der Waals surface area contributed by atoms with Crippen LogP contribution >= 0.6 is 15.9 Å². The van der Waals surface area contributed by atoms with Crippen molar-refractivity contribution in [2.45, 2.75) is 24.7 Å². The first kappa shape index (κ1) is 20.7. The second-order valence-corrected chi connectivity index (χ2v) is 8.48. The molecule has 1 heterocycles. The molecule has 30 heavy (non-hydrogen) atoms. The smallest absolute Gasteiger partial charge is 0.242 e. The van der Waals surface area contributed by atoms with E-state index in [9.17, 15) is 4.79 Å². The molecule has 3 nitrogen and oxygen atoms in total. The van der Waals surface area contributed by atoms with Crippen LogP contribution < -0.4 is 9.64 Å². The summed E-state index contributed by atoms with van der Waals surface area (Å²) in [5.74, 6) is 0.880. The SMILES string of the molecule is CN1C(=O)C(Cc2ccccc2)(c2ccccc2OCCCCBr)c2ccccc21. The minimum absolute atomic E-state index is 0.0871. The molecule has 0 N–H and O–H groups in total. The number of alkyl halides is 1. The highest BCUT2D eigenvalue weighted by Gasteiger charge is 2.52. The number of hydrogen-bond donors (Lipinski definition) is 0. The molecule has 0 aromatic heterocycles. The summed E-state index contributed by atoms with van der Waals surface area (Å²) in [6, 6.07) is 26.4. The highest BCUT2D eigenvalue weighted by molar-refractivity contribution is 9.09. The standard InChI is InChI=1S/C26H26BrNO2/c1-28-23-15-7-5-13-21(23)26(25(28)29,19-20-11-3-2-4-12-20)22-14-6-8-16-24(22)30-18-10-9-17-27/h2-8,11-16H,9-10,17-19H2,1H3. The van der Waals surface area contributed by atoms with Crippen LogP contribution in [0.25, 0.3) is 0 Å². The Labute approximate surface area is 186 Å². The fraction of sp³-hybridized carbons (Fsp3) is 0.269. The number of ether oxygens (including phenoxy) is 1. The van der Waals surface area contributed by atoms with E-state index in [0.717, 1.165) is 46.3 Å². The second-order valence-electron chi connectivity index (χ2n) is 7.69. The first-order valence-electron chi connectivity index (χ1n) is 10.4. The minimum Gasteiger partial charge on any atom is -0.493 e. The highest BCUT2D eigenvalue weighted by atomic mass is 79.9. The van der Waals surface area contributed by atoms with Gasteiger partial charge in [-0.25, -0.2) is 0 Å². The number of amides is 1. The van der Waals surface area contributed by atoms with Gasteiger partial charge in [-0.05, 0) is 42.5 Å². The number of hydrogen-bond acceptors (Lipinski definition) is 2. The zero-order chi connectivity index (χ0) is 21.0. The molecule has 3 aromatic rings. The number of nitrogens with zero attached hydrogens (tertiary/aromatic N) is 1. The van der Waals surface area contributed by atoms with Crippen LogP contribution in [-0.2, 0) is 16.6 Å². The van der Waals surface area contributed by atoms with E-state index in [0.29, 0.717) is 13.0 Å². The summed E-state index contributed by atoms with van der Waals surface area (Å²) < 4.78 is 6.22. The van der Waals surface area contributed by atoms with Crippen LogP contribution in [0.1, 0.15) is 29.5 Å². The quantitative estimate of drug-likeness (QED) is 0.314. The van der Waals surface area contributed by atoms with Crippen LogP contribution in [0.3, 0.4) is 0 Å². The molecule has 3 aromatic carbocycles. The van der Waals surface area contributed by atoms with Gasteiger partial charge < -0.3 is 9.64 Å². The van der Waals surface area contributed by atoms with Gasteiger partial charge in [-0.15, -0.1) is 0 Å². The molecule has 0 radical (unpaired) electrons. The van der Waals surface area contributed by atoms with E-state index in [1.54, 1.807) is 4.90 Å². The maximum absolute atomic E-state index is 13.9. The van der Waals surface area contributed by atoms with Gasteiger partial charge in [-0.3, -0.25) is 4.79 Å². The van der Waals surface area contributed by atoms with Crippen LogP contribution in [0.4, 0.5) is 5.69 Å². The number of para-hydroxylation sites is 2. The lowest BCUT2D eigenvalue weighted by Gasteiger charge is -2.31. The number of rotatable bonds is 8. The monoisotopic (exact) mass is 463 g/mol. The Kier molecular flexibility index (Phi) is 6.24. The second kappa shape index (κ2) is 9.05. The molecule has 1 aliphatic rings. The molecule has 4 rings (SSSR count). The van der Waals surface area contributed by atoms with E-state index >= 15 is 0 Å². The van der Waals surface area contributed by atoms with Crippen molar-refractivity contribution < 1.29 is 9.53 Å².